The standard InChI is InChI=1S/C39H64N10O3/c1-12-14-16-18-24-47(26-30(40)50)32(52)27-48(23-17-15-13-2)31(51)25-41-39(8,9)38(6,7)36-44-43-35-33(34(37(3,4)5)45-49(35)36)42-28-19-21-29(22-20-28)46(10)11/h19-22,41H,12-18,23-27H2,1-11H3,(H2,40,50). The Morgan fingerprint density at radius 1 is 0.808 bits per heavy atom. The predicted octanol–water partition coefficient (Wildman–Crippen LogP) is 5.29. The molecule has 0 spiro atoms. The first-order chi connectivity index (χ1) is 24.3. The number of unbranched alkanes of at least 4 members (excludes halogenated alkanes) is 5. The van der Waals surface area contributed by atoms with Gasteiger partial charge in [0.05, 0.1) is 31.0 Å². The highest BCUT2D eigenvalue weighted by Crippen LogP contribution is 2.37. The van der Waals surface area contributed by atoms with Gasteiger partial charge in [-0.1, -0.05) is 80.6 Å². The lowest BCUT2D eigenvalue weighted by molar-refractivity contribution is -0.141. The maximum atomic E-state index is 13.8. The number of hydrogen-bond donors (Lipinski definition) is 2. The van der Waals surface area contributed by atoms with E-state index in [1.54, 1.807) is 9.58 Å². The molecule has 13 nitrogen and oxygen atoms in total. The summed E-state index contributed by atoms with van der Waals surface area (Å²) < 4.78 is 1.79. The van der Waals surface area contributed by atoms with Gasteiger partial charge in [0, 0.05) is 49.2 Å². The minimum atomic E-state index is -0.665. The van der Waals surface area contributed by atoms with Crippen molar-refractivity contribution in [1.82, 2.24) is 30.0 Å². The molecule has 1 aliphatic rings. The molecule has 1 aromatic heterocycles. The van der Waals surface area contributed by atoms with Crippen molar-refractivity contribution in [2.45, 2.75) is 118 Å². The van der Waals surface area contributed by atoms with Crippen LogP contribution in [0.1, 0.15) is 119 Å². The summed E-state index contributed by atoms with van der Waals surface area (Å²) in [6.07, 6.45) is 6.57. The molecule has 3 amide bonds. The monoisotopic (exact) mass is 721 g/mol. The third-order valence-corrected chi connectivity index (χ3v) is 10.1. The molecule has 0 bridgehead atoms. The topological polar surface area (TPSA) is 154 Å². The second kappa shape index (κ2) is 18.1. The number of carbonyl (C=O) groups is 3. The second-order valence-corrected chi connectivity index (χ2v) is 16.2. The van der Waals surface area contributed by atoms with Crippen molar-refractivity contribution < 1.29 is 14.4 Å². The van der Waals surface area contributed by atoms with Crippen LogP contribution >= 0.6 is 0 Å². The Kier molecular flexibility index (Phi) is 14.7. The number of anilines is 1. The van der Waals surface area contributed by atoms with E-state index < -0.39 is 16.9 Å². The molecule has 3 N–H and O–H groups in total. The van der Waals surface area contributed by atoms with Gasteiger partial charge in [0.1, 0.15) is 5.71 Å². The highest BCUT2D eigenvalue weighted by molar-refractivity contribution is 6.50. The molecule has 0 atom stereocenters. The summed E-state index contributed by atoms with van der Waals surface area (Å²) in [6, 6.07) is 8.03. The summed E-state index contributed by atoms with van der Waals surface area (Å²) >= 11 is 0. The molecule has 0 unspecified atom stereocenters. The van der Waals surface area contributed by atoms with Crippen LogP contribution in [-0.4, -0.2) is 106 Å². The summed E-state index contributed by atoms with van der Waals surface area (Å²) in [5, 5.41) is 17.8. The first-order valence-electron chi connectivity index (χ1n) is 18.8. The zero-order chi connectivity index (χ0) is 38.9. The molecular formula is C39H64N10O3. The minimum Gasteiger partial charge on any atom is -0.378 e. The number of nitrogens with two attached hydrogens (primary N) is 1. The number of benzene rings is 1. The van der Waals surface area contributed by atoms with E-state index in [2.05, 4.69) is 64.0 Å². The van der Waals surface area contributed by atoms with E-state index in [1.807, 2.05) is 57.1 Å². The normalized spacial score (nSPS) is 14.0. The number of hydrogen-bond acceptors (Lipinski definition) is 9. The van der Waals surface area contributed by atoms with Crippen LogP contribution in [0.25, 0.3) is 0 Å². The summed E-state index contributed by atoms with van der Waals surface area (Å²) in [4.78, 5) is 49.3. The van der Waals surface area contributed by atoms with Crippen LogP contribution in [0.5, 0.6) is 0 Å². The quantitative estimate of drug-likeness (QED) is 0.176. The molecule has 0 saturated carbocycles. The zero-order valence-corrected chi connectivity index (χ0v) is 33.7. The Morgan fingerprint density at radius 3 is 1.94 bits per heavy atom. The van der Waals surface area contributed by atoms with Crippen LogP contribution in [0.4, 0.5) is 11.4 Å². The number of nitrogens with zero attached hydrogens (tertiary/aromatic N) is 8. The van der Waals surface area contributed by atoms with Gasteiger partial charge in [0.15, 0.2) is 5.82 Å². The average molecular weight is 721 g/mol. The zero-order valence-electron chi connectivity index (χ0n) is 33.7. The fourth-order valence-electron chi connectivity index (χ4n) is 5.95. The van der Waals surface area contributed by atoms with E-state index in [0.29, 0.717) is 30.5 Å². The number of primary amides is 1. The lowest BCUT2D eigenvalue weighted by Crippen LogP contribution is -2.57. The number of nitrogens with one attached hydrogen (secondary N) is 1. The van der Waals surface area contributed by atoms with Gasteiger partial charge >= 0.3 is 0 Å². The third kappa shape index (κ3) is 10.7. The van der Waals surface area contributed by atoms with Gasteiger partial charge in [-0.05, 0) is 51.0 Å². The van der Waals surface area contributed by atoms with Crippen molar-refractivity contribution in [3.05, 3.63) is 35.9 Å². The number of fused-ring (bicyclic) bond motifs is 1. The lowest BCUT2D eigenvalue weighted by Gasteiger charge is -2.41. The fourth-order valence-corrected chi connectivity index (χ4v) is 5.95. The van der Waals surface area contributed by atoms with Gasteiger partial charge in [0.2, 0.25) is 23.5 Å². The molecule has 1 aliphatic heterocycles. The largest absolute Gasteiger partial charge is 0.378 e. The Labute approximate surface area is 311 Å². The van der Waals surface area contributed by atoms with Crippen molar-refractivity contribution in [3.8, 4) is 0 Å². The van der Waals surface area contributed by atoms with Gasteiger partial charge in [0.25, 0.3) is 0 Å². The van der Waals surface area contributed by atoms with Crippen molar-refractivity contribution in [1.29, 1.82) is 0 Å². The summed E-state index contributed by atoms with van der Waals surface area (Å²) in [7, 11) is 4.01. The van der Waals surface area contributed by atoms with Gasteiger partial charge < -0.3 is 25.8 Å². The summed E-state index contributed by atoms with van der Waals surface area (Å²) in [5.74, 6) is 0.203. The molecule has 1 aromatic carbocycles. The molecule has 13 heteroatoms. The Balaban J connectivity index is 1.84. The van der Waals surface area contributed by atoms with Crippen LogP contribution in [0, 0.1) is 5.41 Å². The van der Waals surface area contributed by atoms with Crippen molar-refractivity contribution >= 4 is 40.5 Å². The van der Waals surface area contributed by atoms with Crippen LogP contribution < -0.4 is 16.0 Å². The van der Waals surface area contributed by atoms with Crippen LogP contribution in [0.2, 0.25) is 0 Å². The van der Waals surface area contributed by atoms with Crippen LogP contribution in [-0.2, 0) is 19.8 Å². The molecule has 2 aromatic rings. The Hall–Kier alpha value is -4.13. The smallest absolute Gasteiger partial charge is 0.242 e. The van der Waals surface area contributed by atoms with Gasteiger partial charge in [-0.2, -0.15) is 9.78 Å². The number of carbonyl (C=O) groups excluding carboxylic acids is 3. The fraction of sp³-hybridized carbons (Fsp3) is 0.667. The molecule has 0 aliphatic carbocycles. The molecule has 0 fully saturated rings. The van der Waals surface area contributed by atoms with Gasteiger partial charge in [-0.3, -0.25) is 14.4 Å². The van der Waals surface area contributed by atoms with E-state index in [9.17, 15) is 14.4 Å². The number of amides is 3. The minimum absolute atomic E-state index is 0.00924. The maximum absolute atomic E-state index is 13.8. The molecule has 0 saturated heterocycles. The highest BCUT2D eigenvalue weighted by atomic mass is 16.2. The maximum Gasteiger partial charge on any atom is 0.242 e. The molecule has 288 valence electrons. The second-order valence-electron chi connectivity index (χ2n) is 16.2. The predicted molar refractivity (Wildman–Crippen MR) is 210 cm³/mol. The van der Waals surface area contributed by atoms with Crippen LogP contribution in [0.3, 0.4) is 0 Å². The molecule has 0 radical (unpaired) electrons. The van der Waals surface area contributed by atoms with E-state index in [4.69, 9.17) is 15.8 Å². The Morgan fingerprint density at radius 2 is 1.38 bits per heavy atom. The van der Waals surface area contributed by atoms with E-state index in [0.717, 1.165) is 62.0 Å². The number of rotatable bonds is 20. The SMILES string of the molecule is CCCCCCN(CC(N)=O)C(=O)CN(CCCCC)C(=O)CNC(C)(C)C(C)(C)c1nnc2n1N=C(C(C)(C)C)C2=Nc1ccc(N(C)C)cc1. The van der Waals surface area contributed by atoms with Crippen LogP contribution in [0.15, 0.2) is 34.4 Å². The third-order valence-electron chi connectivity index (χ3n) is 10.1. The van der Waals surface area contributed by atoms with E-state index in [-0.39, 0.29) is 36.9 Å². The number of aromatic nitrogens is 3. The Bertz CT molecular complexity index is 1580. The van der Waals surface area contributed by atoms with Crippen molar-refractivity contribution in [2.75, 3.05) is 51.7 Å². The highest BCUT2D eigenvalue weighted by Gasteiger charge is 2.46. The van der Waals surface area contributed by atoms with Gasteiger partial charge in [-0.15, -0.1) is 10.2 Å². The first-order valence-corrected chi connectivity index (χ1v) is 18.8. The molecule has 3 rings (SSSR count). The van der Waals surface area contributed by atoms with Crippen molar-refractivity contribution in [3.63, 3.8) is 0 Å². The van der Waals surface area contributed by atoms with E-state index >= 15 is 0 Å². The first kappa shape index (κ1) is 42.3. The molecule has 2 heterocycles. The summed E-state index contributed by atoms with van der Waals surface area (Å²) in [5.41, 5.74) is 7.24. The summed E-state index contributed by atoms with van der Waals surface area (Å²) in [6.45, 7) is 19.4. The van der Waals surface area contributed by atoms with E-state index in [1.165, 1.54) is 4.90 Å². The lowest BCUT2D eigenvalue weighted by atomic mass is 9.73. The molecule has 52 heavy (non-hydrogen) atoms. The number of aliphatic imine (C=N–C) groups is 1. The van der Waals surface area contributed by atoms with Crippen molar-refractivity contribution in [2.24, 2.45) is 21.2 Å². The average Bonchev–Trinajstić information content (AvgIpc) is 3.65. The van der Waals surface area contributed by atoms with Gasteiger partial charge in [-0.25, -0.2) is 4.99 Å². The molecular weight excluding hydrogens is 656 g/mol.